The molecule has 0 atom stereocenters. The zero-order valence-electron chi connectivity index (χ0n) is 12.2. The van der Waals surface area contributed by atoms with Crippen LogP contribution in [0.5, 0.6) is 0 Å². The number of rotatable bonds is 10. The average Bonchev–Trinajstić information content (AvgIpc) is 2.43. The molecule has 0 aliphatic heterocycles. The quantitative estimate of drug-likeness (QED) is 0.652. The van der Waals surface area contributed by atoms with Gasteiger partial charge in [0.1, 0.15) is 0 Å². The SMILES string of the molecule is CCNS(=O)(=O)c1ccc(NCCCCCSC)cc1. The molecular formula is C14H24N2O2S2. The lowest BCUT2D eigenvalue weighted by Crippen LogP contribution is -2.23. The Morgan fingerprint density at radius 1 is 1.10 bits per heavy atom. The Labute approximate surface area is 126 Å². The highest BCUT2D eigenvalue weighted by atomic mass is 32.2. The van der Waals surface area contributed by atoms with E-state index in [2.05, 4.69) is 16.3 Å². The topological polar surface area (TPSA) is 58.2 Å². The summed E-state index contributed by atoms with van der Waals surface area (Å²) in [6.45, 7) is 3.09. The maximum absolute atomic E-state index is 11.8. The summed E-state index contributed by atoms with van der Waals surface area (Å²) in [6, 6.07) is 6.89. The van der Waals surface area contributed by atoms with Crippen molar-refractivity contribution in [2.75, 3.05) is 30.4 Å². The molecule has 0 fully saturated rings. The molecule has 0 amide bonds. The van der Waals surface area contributed by atoms with E-state index in [-0.39, 0.29) is 0 Å². The fraction of sp³-hybridized carbons (Fsp3) is 0.571. The van der Waals surface area contributed by atoms with Crippen LogP contribution in [0.15, 0.2) is 29.2 Å². The summed E-state index contributed by atoms with van der Waals surface area (Å²) in [5.74, 6) is 1.22. The minimum absolute atomic E-state index is 0.310. The van der Waals surface area contributed by atoms with E-state index in [1.807, 2.05) is 23.9 Å². The van der Waals surface area contributed by atoms with Crippen molar-refractivity contribution in [3.05, 3.63) is 24.3 Å². The van der Waals surface area contributed by atoms with Crippen LogP contribution in [0, 0.1) is 0 Å². The first-order chi connectivity index (χ1) is 9.60. The van der Waals surface area contributed by atoms with Crippen LogP contribution in [0.3, 0.4) is 0 Å². The first kappa shape index (κ1) is 17.3. The molecule has 0 saturated carbocycles. The lowest BCUT2D eigenvalue weighted by Gasteiger charge is -2.08. The van der Waals surface area contributed by atoms with Gasteiger partial charge in [0, 0.05) is 18.8 Å². The second-order valence-corrected chi connectivity index (χ2v) is 7.26. The highest BCUT2D eigenvalue weighted by Crippen LogP contribution is 2.14. The van der Waals surface area contributed by atoms with Gasteiger partial charge in [-0.3, -0.25) is 0 Å². The Bertz CT molecular complexity index is 472. The maximum atomic E-state index is 11.8. The molecular weight excluding hydrogens is 292 g/mol. The third kappa shape index (κ3) is 6.15. The Balaban J connectivity index is 2.39. The van der Waals surface area contributed by atoms with Crippen molar-refractivity contribution in [2.24, 2.45) is 0 Å². The summed E-state index contributed by atoms with van der Waals surface area (Å²) in [5.41, 5.74) is 0.963. The molecule has 0 bridgehead atoms. The number of hydrogen-bond acceptors (Lipinski definition) is 4. The van der Waals surface area contributed by atoms with Gasteiger partial charge >= 0.3 is 0 Å². The van der Waals surface area contributed by atoms with Crippen molar-refractivity contribution in [2.45, 2.75) is 31.1 Å². The molecule has 0 unspecified atom stereocenters. The van der Waals surface area contributed by atoms with Gasteiger partial charge in [-0.15, -0.1) is 0 Å². The lowest BCUT2D eigenvalue weighted by atomic mass is 10.2. The van der Waals surface area contributed by atoms with Crippen molar-refractivity contribution in [3.63, 3.8) is 0 Å². The van der Waals surface area contributed by atoms with Gasteiger partial charge in [0.2, 0.25) is 10.0 Å². The average molecular weight is 316 g/mol. The van der Waals surface area contributed by atoms with E-state index in [0.29, 0.717) is 11.4 Å². The lowest BCUT2D eigenvalue weighted by molar-refractivity contribution is 0.584. The van der Waals surface area contributed by atoms with Crippen LogP contribution >= 0.6 is 11.8 Å². The first-order valence-corrected chi connectivity index (χ1v) is 9.80. The fourth-order valence-electron chi connectivity index (χ4n) is 1.81. The Morgan fingerprint density at radius 3 is 2.40 bits per heavy atom. The summed E-state index contributed by atoms with van der Waals surface area (Å²) in [7, 11) is -3.34. The molecule has 114 valence electrons. The highest BCUT2D eigenvalue weighted by Gasteiger charge is 2.11. The van der Waals surface area contributed by atoms with E-state index < -0.39 is 10.0 Å². The van der Waals surface area contributed by atoms with Gasteiger partial charge in [0.15, 0.2) is 0 Å². The van der Waals surface area contributed by atoms with Crippen molar-refractivity contribution in [1.82, 2.24) is 4.72 Å². The third-order valence-corrected chi connectivity index (χ3v) is 5.11. The second kappa shape index (κ2) is 9.26. The minimum Gasteiger partial charge on any atom is -0.385 e. The highest BCUT2D eigenvalue weighted by molar-refractivity contribution is 7.98. The number of benzene rings is 1. The van der Waals surface area contributed by atoms with E-state index in [0.717, 1.165) is 18.7 Å². The van der Waals surface area contributed by atoms with Crippen molar-refractivity contribution in [3.8, 4) is 0 Å². The van der Waals surface area contributed by atoms with Crippen molar-refractivity contribution in [1.29, 1.82) is 0 Å². The molecule has 4 nitrogen and oxygen atoms in total. The molecule has 0 aliphatic carbocycles. The Hall–Kier alpha value is -0.720. The Morgan fingerprint density at radius 2 is 1.80 bits per heavy atom. The molecule has 0 spiro atoms. The predicted octanol–water partition coefficient (Wildman–Crippen LogP) is 2.93. The molecule has 6 heteroatoms. The normalized spacial score (nSPS) is 11.5. The van der Waals surface area contributed by atoms with Gasteiger partial charge < -0.3 is 5.32 Å². The van der Waals surface area contributed by atoms with E-state index in [1.165, 1.54) is 18.6 Å². The number of unbranched alkanes of at least 4 members (excludes halogenated alkanes) is 2. The summed E-state index contributed by atoms with van der Waals surface area (Å²) >= 11 is 1.88. The molecule has 0 aliphatic rings. The Kier molecular flexibility index (Phi) is 8.02. The maximum Gasteiger partial charge on any atom is 0.240 e. The van der Waals surface area contributed by atoms with Crippen molar-refractivity contribution < 1.29 is 8.42 Å². The second-order valence-electron chi connectivity index (χ2n) is 4.51. The van der Waals surface area contributed by atoms with Crippen LogP contribution in [0.4, 0.5) is 5.69 Å². The number of hydrogen-bond donors (Lipinski definition) is 2. The summed E-state index contributed by atoms with van der Waals surface area (Å²) in [5, 5.41) is 3.31. The van der Waals surface area contributed by atoms with Crippen molar-refractivity contribution >= 4 is 27.5 Å². The van der Waals surface area contributed by atoms with Crippen LogP contribution in [-0.4, -0.2) is 33.5 Å². The summed E-state index contributed by atoms with van der Waals surface area (Å²) < 4.78 is 26.0. The van der Waals surface area contributed by atoms with Gasteiger partial charge in [0.25, 0.3) is 0 Å². The fourth-order valence-corrected chi connectivity index (χ4v) is 3.34. The summed E-state index contributed by atoms with van der Waals surface area (Å²) in [4.78, 5) is 0.310. The van der Waals surface area contributed by atoms with Crippen LogP contribution in [-0.2, 0) is 10.0 Å². The van der Waals surface area contributed by atoms with E-state index >= 15 is 0 Å². The first-order valence-electron chi connectivity index (χ1n) is 6.92. The van der Waals surface area contributed by atoms with Crippen LogP contribution in [0.2, 0.25) is 0 Å². The largest absolute Gasteiger partial charge is 0.385 e. The zero-order valence-corrected chi connectivity index (χ0v) is 13.8. The standard InChI is InChI=1S/C14H24N2O2S2/c1-3-16-20(17,18)14-9-7-13(8-10-14)15-11-5-4-6-12-19-2/h7-10,15-16H,3-6,11-12H2,1-2H3. The van der Waals surface area contributed by atoms with Gasteiger partial charge in [-0.1, -0.05) is 13.3 Å². The molecule has 2 N–H and O–H groups in total. The number of nitrogens with one attached hydrogen (secondary N) is 2. The van der Waals surface area contributed by atoms with E-state index in [9.17, 15) is 8.42 Å². The predicted molar refractivity (Wildman–Crippen MR) is 88.0 cm³/mol. The van der Waals surface area contributed by atoms with Gasteiger partial charge in [-0.05, 0) is 49.1 Å². The molecule has 0 heterocycles. The number of anilines is 1. The van der Waals surface area contributed by atoms with Crippen LogP contribution in [0.1, 0.15) is 26.2 Å². The van der Waals surface area contributed by atoms with E-state index in [1.54, 1.807) is 19.1 Å². The third-order valence-electron chi connectivity index (χ3n) is 2.85. The summed E-state index contributed by atoms with van der Waals surface area (Å²) in [6.07, 6.45) is 5.74. The smallest absolute Gasteiger partial charge is 0.240 e. The van der Waals surface area contributed by atoms with Gasteiger partial charge in [-0.2, -0.15) is 11.8 Å². The number of sulfonamides is 1. The van der Waals surface area contributed by atoms with Gasteiger partial charge in [0.05, 0.1) is 4.90 Å². The molecule has 20 heavy (non-hydrogen) atoms. The molecule has 1 aromatic rings. The minimum atomic E-state index is -3.34. The van der Waals surface area contributed by atoms with Gasteiger partial charge in [-0.25, -0.2) is 13.1 Å². The number of thioether (sulfide) groups is 1. The molecule has 0 saturated heterocycles. The molecule has 1 aromatic carbocycles. The van der Waals surface area contributed by atoms with Crippen LogP contribution in [0.25, 0.3) is 0 Å². The monoisotopic (exact) mass is 316 g/mol. The zero-order chi connectivity index (χ0) is 14.8. The molecule has 0 radical (unpaired) electrons. The van der Waals surface area contributed by atoms with E-state index in [4.69, 9.17) is 0 Å². The molecule has 0 aromatic heterocycles. The van der Waals surface area contributed by atoms with Crippen LogP contribution < -0.4 is 10.0 Å². The molecule has 1 rings (SSSR count).